The number of ether oxygens (including phenoxy) is 2. The first-order valence-corrected chi connectivity index (χ1v) is 12.9. The summed E-state index contributed by atoms with van der Waals surface area (Å²) in [5, 5.41) is 14.4. The lowest BCUT2D eigenvalue weighted by atomic mass is 9.98. The molecule has 1 atom stereocenters. The zero-order valence-electron chi connectivity index (χ0n) is 22.2. The molecule has 2 aromatic carbocycles. The van der Waals surface area contributed by atoms with Gasteiger partial charge in [-0.2, -0.15) is 5.21 Å². The number of H-pyrrole nitrogens is 1. The van der Waals surface area contributed by atoms with Crippen LogP contribution >= 0.6 is 11.6 Å². The maximum absolute atomic E-state index is 13.1. The van der Waals surface area contributed by atoms with E-state index in [4.69, 9.17) is 21.1 Å². The van der Waals surface area contributed by atoms with E-state index in [0.29, 0.717) is 24.6 Å². The Morgan fingerprint density at radius 1 is 1.08 bits per heavy atom. The van der Waals surface area contributed by atoms with Crippen LogP contribution in [0.4, 0.5) is 4.79 Å². The van der Waals surface area contributed by atoms with E-state index in [-0.39, 0.29) is 10.8 Å². The number of amides is 1. The van der Waals surface area contributed by atoms with Crippen LogP contribution in [-0.2, 0) is 22.4 Å². The molecule has 4 rings (SSSR count). The number of aromatic amines is 1. The first kappa shape index (κ1) is 27.8. The summed E-state index contributed by atoms with van der Waals surface area (Å²) < 4.78 is 12.3. The van der Waals surface area contributed by atoms with Gasteiger partial charge in [-0.15, -0.1) is 10.2 Å². The number of hydrogen-bond acceptors (Lipinski definition) is 8. The third-order valence-corrected chi connectivity index (χ3v) is 6.24. The van der Waals surface area contributed by atoms with Crippen molar-refractivity contribution < 1.29 is 19.1 Å². The molecular weight excluding hydrogens is 522 g/mol. The Morgan fingerprint density at radius 3 is 2.44 bits per heavy atom. The molecule has 0 fully saturated rings. The molecular formula is C27H30ClN7O4. The van der Waals surface area contributed by atoms with Gasteiger partial charge >= 0.3 is 12.1 Å². The Kier molecular flexibility index (Phi) is 8.92. The van der Waals surface area contributed by atoms with Crippen molar-refractivity contribution >= 4 is 23.7 Å². The van der Waals surface area contributed by atoms with Gasteiger partial charge in [0.25, 0.3) is 0 Å². The maximum Gasteiger partial charge on any atom is 0.412 e. The third-order valence-electron chi connectivity index (χ3n) is 5.98. The lowest BCUT2D eigenvalue weighted by Gasteiger charge is -2.18. The molecule has 1 N–H and O–H groups in total. The first-order valence-electron chi connectivity index (χ1n) is 12.5. The largest absolute Gasteiger partial charge is 0.421 e. The molecule has 4 aromatic rings. The second-order valence-corrected chi connectivity index (χ2v) is 9.44. The van der Waals surface area contributed by atoms with E-state index in [1.54, 1.807) is 4.57 Å². The Bertz CT molecular complexity index is 1420. The number of benzene rings is 2. The molecule has 204 valence electrons. The summed E-state index contributed by atoms with van der Waals surface area (Å²) in [6, 6.07) is 15.8. The predicted octanol–water partition coefficient (Wildman–Crippen LogP) is 4.98. The van der Waals surface area contributed by atoms with Crippen molar-refractivity contribution in [1.82, 2.24) is 35.1 Å². The summed E-state index contributed by atoms with van der Waals surface area (Å²) in [7, 11) is 3.08. The molecule has 0 saturated carbocycles. The summed E-state index contributed by atoms with van der Waals surface area (Å²) in [5.74, 6) is 0.468. The Morgan fingerprint density at radius 2 is 1.79 bits per heavy atom. The van der Waals surface area contributed by atoms with Gasteiger partial charge in [-0.25, -0.2) is 14.6 Å². The summed E-state index contributed by atoms with van der Waals surface area (Å²) in [6.07, 6.45) is 0.745. The van der Waals surface area contributed by atoms with Gasteiger partial charge in [0, 0.05) is 39.5 Å². The lowest BCUT2D eigenvalue weighted by molar-refractivity contribution is -0.0671. The van der Waals surface area contributed by atoms with Crippen LogP contribution in [0, 0.1) is 0 Å². The molecule has 0 spiro atoms. The van der Waals surface area contributed by atoms with Gasteiger partial charge in [0.05, 0.1) is 0 Å². The number of carbonyl (C=O) groups is 2. The van der Waals surface area contributed by atoms with Crippen molar-refractivity contribution in [1.29, 1.82) is 0 Å². The number of aryl methyl sites for hydroxylation is 1. The molecule has 1 amide bonds. The molecule has 39 heavy (non-hydrogen) atoms. The van der Waals surface area contributed by atoms with E-state index in [9.17, 15) is 9.59 Å². The van der Waals surface area contributed by atoms with Gasteiger partial charge < -0.3 is 18.9 Å². The SMILES string of the molecule is CCCCc1nc(Cl)c(C(=O)OC(C)OC(=O)N(C)C)n1Cc1ccc(-c2ccccc2-c2nn[nH]n2)cc1. The number of halogens is 1. The third kappa shape index (κ3) is 6.61. The average Bonchev–Trinajstić information content (AvgIpc) is 3.56. The smallest absolute Gasteiger partial charge is 0.412 e. The van der Waals surface area contributed by atoms with Crippen LogP contribution in [0.25, 0.3) is 22.5 Å². The van der Waals surface area contributed by atoms with Crippen molar-refractivity contribution in [3.63, 3.8) is 0 Å². The second-order valence-electron chi connectivity index (χ2n) is 9.09. The highest BCUT2D eigenvalue weighted by Gasteiger charge is 2.26. The summed E-state index contributed by atoms with van der Waals surface area (Å²) in [4.78, 5) is 30.7. The molecule has 0 saturated heterocycles. The van der Waals surface area contributed by atoms with Crippen LogP contribution in [-0.4, -0.2) is 67.5 Å². The first-order chi connectivity index (χ1) is 18.8. The summed E-state index contributed by atoms with van der Waals surface area (Å²) in [6.45, 7) is 3.90. The molecule has 0 bridgehead atoms. The van der Waals surface area contributed by atoms with Gasteiger partial charge in [0.15, 0.2) is 10.8 Å². The Labute approximate surface area is 231 Å². The van der Waals surface area contributed by atoms with E-state index in [2.05, 4.69) is 32.5 Å². The monoisotopic (exact) mass is 551 g/mol. The zero-order chi connectivity index (χ0) is 27.9. The Hall–Kier alpha value is -4.25. The fraction of sp³-hybridized carbons (Fsp3) is 0.333. The molecule has 1 unspecified atom stereocenters. The lowest BCUT2D eigenvalue weighted by Crippen LogP contribution is -2.30. The van der Waals surface area contributed by atoms with Crippen molar-refractivity contribution in [3.8, 4) is 22.5 Å². The number of carbonyl (C=O) groups excluding carboxylic acids is 2. The normalized spacial score (nSPS) is 11.7. The fourth-order valence-corrected chi connectivity index (χ4v) is 4.29. The molecule has 0 radical (unpaired) electrons. The molecule has 0 aliphatic carbocycles. The highest BCUT2D eigenvalue weighted by molar-refractivity contribution is 6.32. The summed E-state index contributed by atoms with van der Waals surface area (Å²) in [5.41, 5.74) is 3.85. The van der Waals surface area contributed by atoms with Gasteiger partial charge in [0.2, 0.25) is 12.1 Å². The minimum atomic E-state index is -1.11. The number of unbranched alkanes of at least 4 members (excludes halogenated alkanes) is 1. The number of nitrogens with one attached hydrogen (secondary N) is 1. The maximum atomic E-state index is 13.1. The number of rotatable bonds is 10. The number of nitrogens with zero attached hydrogens (tertiary/aromatic N) is 6. The minimum absolute atomic E-state index is 0.0444. The number of esters is 1. The Balaban J connectivity index is 1.60. The standard InChI is InChI=1S/C27H30ClN7O4/c1-5-6-11-22-29-24(28)23(26(36)38-17(2)39-27(37)34(3)4)35(22)16-18-12-14-19(15-13-18)20-9-7-8-10-21(20)25-30-32-33-31-25/h7-10,12-15,17H,5-6,11,16H2,1-4H3,(H,30,31,32,33). The van der Waals surface area contributed by atoms with Crippen LogP contribution in [0.5, 0.6) is 0 Å². The minimum Gasteiger partial charge on any atom is -0.421 e. The van der Waals surface area contributed by atoms with Gasteiger partial charge in [-0.3, -0.25) is 0 Å². The van der Waals surface area contributed by atoms with Crippen LogP contribution in [0.15, 0.2) is 48.5 Å². The highest BCUT2D eigenvalue weighted by atomic mass is 35.5. The highest BCUT2D eigenvalue weighted by Crippen LogP contribution is 2.30. The van der Waals surface area contributed by atoms with Gasteiger partial charge in [-0.1, -0.05) is 73.5 Å². The van der Waals surface area contributed by atoms with E-state index >= 15 is 0 Å². The van der Waals surface area contributed by atoms with Crippen LogP contribution < -0.4 is 0 Å². The average molecular weight is 552 g/mol. The summed E-state index contributed by atoms with van der Waals surface area (Å²) >= 11 is 6.43. The number of imidazole rings is 1. The van der Waals surface area contributed by atoms with Gasteiger partial charge in [-0.05, 0) is 28.3 Å². The molecule has 12 heteroatoms. The van der Waals surface area contributed by atoms with Crippen molar-refractivity contribution in [2.45, 2.75) is 45.9 Å². The molecule has 11 nitrogen and oxygen atoms in total. The van der Waals surface area contributed by atoms with Crippen LogP contribution in [0.1, 0.15) is 48.6 Å². The fourth-order valence-electron chi connectivity index (χ4n) is 4.01. The van der Waals surface area contributed by atoms with E-state index < -0.39 is 18.4 Å². The number of tetrazole rings is 1. The zero-order valence-corrected chi connectivity index (χ0v) is 23.0. The topological polar surface area (TPSA) is 128 Å². The van der Waals surface area contributed by atoms with Crippen molar-refractivity contribution in [2.75, 3.05) is 14.1 Å². The number of aromatic nitrogens is 6. The van der Waals surface area contributed by atoms with E-state index in [1.807, 2.05) is 48.5 Å². The van der Waals surface area contributed by atoms with Crippen molar-refractivity contribution in [3.05, 3.63) is 70.8 Å². The molecule has 2 aromatic heterocycles. The van der Waals surface area contributed by atoms with Gasteiger partial charge in [0.1, 0.15) is 5.82 Å². The van der Waals surface area contributed by atoms with Crippen LogP contribution in [0.2, 0.25) is 5.15 Å². The predicted molar refractivity (Wildman–Crippen MR) is 145 cm³/mol. The molecule has 0 aliphatic heterocycles. The van der Waals surface area contributed by atoms with E-state index in [1.165, 1.54) is 25.9 Å². The van der Waals surface area contributed by atoms with Crippen molar-refractivity contribution in [2.24, 2.45) is 0 Å². The second kappa shape index (κ2) is 12.5. The van der Waals surface area contributed by atoms with E-state index in [0.717, 1.165) is 35.1 Å². The number of hydrogen-bond donors (Lipinski definition) is 1. The molecule has 0 aliphatic rings. The van der Waals surface area contributed by atoms with Crippen LogP contribution in [0.3, 0.4) is 0 Å². The quantitative estimate of drug-likeness (QED) is 0.216. The molecule has 2 heterocycles.